The van der Waals surface area contributed by atoms with Crippen LogP contribution in [0.1, 0.15) is 0 Å². The second-order valence-electron chi connectivity index (χ2n) is 1.57. The zero-order chi connectivity index (χ0) is 5.12. The highest BCUT2D eigenvalue weighted by atomic mass is 17.1. The molecule has 0 amide bonds. The third-order valence-electron chi connectivity index (χ3n) is 1.09. The lowest BCUT2D eigenvalue weighted by molar-refractivity contribution is -0.185. The number of carbonyl (C=O) groups excluding carboxylic acids is 1. The van der Waals surface area contributed by atoms with Crippen molar-refractivity contribution >= 4 is 6.29 Å². The van der Waals surface area contributed by atoms with Crippen LogP contribution in [-0.4, -0.2) is 23.2 Å². The summed E-state index contributed by atoms with van der Waals surface area (Å²) in [4.78, 5) is 9.73. The number of hydrogen-bond acceptors (Lipinski definition) is 4. The Labute approximate surface area is 38.6 Å². The Hall–Kier alpha value is -0.450. The summed E-state index contributed by atoms with van der Waals surface area (Å²) in [5, 5.41) is 8.48. The van der Waals surface area contributed by atoms with Crippen molar-refractivity contribution in [1.82, 2.24) is 0 Å². The van der Waals surface area contributed by atoms with Gasteiger partial charge in [0.1, 0.15) is 0 Å². The van der Waals surface area contributed by atoms with E-state index < -0.39 is 11.8 Å². The quantitative estimate of drug-likeness (QED) is 0.326. The molecule has 7 heavy (non-hydrogen) atoms. The molecule has 1 N–H and O–H groups in total. The lowest BCUT2D eigenvalue weighted by atomic mass is 10.5. The SMILES string of the molecule is O=CC12OC1(O)O2. The lowest BCUT2D eigenvalue weighted by Gasteiger charge is -1.84. The van der Waals surface area contributed by atoms with Crippen molar-refractivity contribution in [2.75, 3.05) is 0 Å². The minimum atomic E-state index is -1.51. The highest BCUT2D eigenvalue weighted by Gasteiger charge is 2.93. The van der Waals surface area contributed by atoms with E-state index in [-0.39, 0.29) is 0 Å². The Kier molecular flexibility index (Phi) is 0.274. The van der Waals surface area contributed by atoms with Gasteiger partial charge in [-0.25, -0.2) is 0 Å². The Morgan fingerprint density at radius 3 is 2.00 bits per heavy atom. The predicted octanol–water partition coefficient (Wildman–Crippen LogP) is -1.41. The van der Waals surface area contributed by atoms with Crippen LogP contribution in [0.3, 0.4) is 0 Å². The first-order valence-corrected chi connectivity index (χ1v) is 1.81. The fraction of sp³-hybridized carbons (Fsp3) is 0.667. The molecule has 2 aliphatic rings. The lowest BCUT2D eigenvalue weighted by Crippen LogP contribution is -1.97. The summed E-state index contributed by atoms with van der Waals surface area (Å²) in [6, 6.07) is 0. The van der Waals surface area contributed by atoms with E-state index in [0.29, 0.717) is 6.29 Å². The van der Waals surface area contributed by atoms with Crippen LogP contribution in [0.4, 0.5) is 0 Å². The summed E-state index contributed by atoms with van der Waals surface area (Å²) < 4.78 is 8.59. The number of epoxide rings is 2. The first kappa shape index (κ1) is 3.54. The van der Waals surface area contributed by atoms with Gasteiger partial charge in [0.25, 0.3) is 0 Å². The van der Waals surface area contributed by atoms with Gasteiger partial charge in [-0.3, -0.25) is 14.3 Å². The zero-order valence-corrected chi connectivity index (χ0v) is 3.25. The molecule has 38 valence electrons. The van der Waals surface area contributed by atoms with E-state index in [1.54, 1.807) is 0 Å². The monoisotopic (exact) mass is 102 g/mol. The van der Waals surface area contributed by atoms with Crippen molar-refractivity contribution in [3.8, 4) is 0 Å². The molecule has 2 fully saturated rings. The molecule has 0 spiro atoms. The zero-order valence-electron chi connectivity index (χ0n) is 3.25. The van der Waals surface area contributed by atoms with Gasteiger partial charge < -0.3 is 5.11 Å². The van der Waals surface area contributed by atoms with Crippen LogP contribution >= 0.6 is 0 Å². The number of carbonyl (C=O) groups is 1. The molecule has 2 aliphatic heterocycles. The highest BCUT2D eigenvalue weighted by molar-refractivity contribution is 5.70. The Morgan fingerprint density at radius 1 is 1.57 bits per heavy atom. The summed E-state index contributed by atoms with van der Waals surface area (Å²) in [5.41, 5.74) is 0. The van der Waals surface area contributed by atoms with E-state index in [9.17, 15) is 4.79 Å². The van der Waals surface area contributed by atoms with Crippen molar-refractivity contribution in [3.63, 3.8) is 0 Å². The topological polar surface area (TPSA) is 62.4 Å². The van der Waals surface area contributed by atoms with Gasteiger partial charge in [-0.2, -0.15) is 0 Å². The smallest absolute Gasteiger partial charge is 0.338 e. The molecule has 0 radical (unpaired) electrons. The second-order valence-corrected chi connectivity index (χ2v) is 1.57. The molecular weight excluding hydrogens is 100 g/mol. The minimum Gasteiger partial charge on any atom is -0.338 e. The fourth-order valence-electron chi connectivity index (χ4n) is 0.490. The van der Waals surface area contributed by atoms with E-state index in [0.717, 1.165) is 0 Å². The van der Waals surface area contributed by atoms with Gasteiger partial charge in [0.05, 0.1) is 0 Å². The number of ether oxygens (including phenoxy) is 2. The van der Waals surface area contributed by atoms with E-state index in [1.165, 1.54) is 0 Å². The van der Waals surface area contributed by atoms with Gasteiger partial charge in [0.15, 0.2) is 6.29 Å². The molecule has 2 heterocycles. The number of aliphatic hydroxyl groups is 1. The molecule has 2 rings (SSSR count). The summed E-state index contributed by atoms with van der Waals surface area (Å²) in [6.45, 7) is 0. The molecule has 2 saturated heterocycles. The molecule has 0 aromatic carbocycles. The molecule has 0 saturated carbocycles. The van der Waals surface area contributed by atoms with Crippen LogP contribution < -0.4 is 0 Å². The minimum absolute atomic E-state index is 0.437. The first-order valence-electron chi connectivity index (χ1n) is 1.81. The third kappa shape index (κ3) is 0.183. The maximum atomic E-state index is 9.73. The molecular formula is C3H2O4. The van der Waals surface area contributed by atoms with E-state index in [1.807, 2.05) is 0 Å². The van der Waals surface area contributed by atoms with Crippen molar-refractivity contribution in [2.24, 2.45) is 0 Å². The summed E-state index contributed by atoms with van der Waals surface area (Å²) in [5.74, 6) is -2.73. The van der Waals surface area contributed by atoms with E-state index >= 15 is 0 Å². The first-order chi connectivity index (χ1) is 3.22. The Morgan fingerprint density at radius 2 is 2.00 bits per heavy atom. The standard InChI is InChI=1S/C3H2O4/c4-1-2-3(5,6-2)7-2/h1,5H. The third-order valence-corrected chi connectivity index (χ3v) is 1.09. The average Bonchev–Trinajstić information content (AvgIpc) is 2.24. The van der Waals surface area contributed by atoms with Crippen molar-refractivity contribution in [3.05, 3.63) is 0 Å². The van der Waals surface area contributed by atoms with Crippen molar-refractivity contribution in [1.29, 1.82) is 0 Å². The number of rotatable bonds is 1. The highest BCUT2D eigenvalue weighted by Crippen LogP contribution is 2.63. The molecule has 0 aromatic rings. The Balaban J connectivity index is 2.28. The van der Waals surface area contributed by atoms with Crippen molar-refractivity contribution < 1.29 is 19.4 Å². The van der Waals surface area contributed by atoms with Crippen LogP contribution in [0.2, 0.25) is 0 Å². The summed E-state index contributed by atoms with van der Waals surface area (Å²) in [6.07, 6.45) is 0.437. The van der Waals surface area contributed by atoms with E-state index in [2.05, 4.69) is 9.47 Å². The number of aldehydes is 1. The van der Waals surface area contributed by atoms with E-state index in [4.69, 9.17) is 5.11 Å². The largest absolute Gasteiger partial charge is 0.352 e. The number of hydrogen-bond donors (Lipinski definition) is 1. The van der Waals surface area contributed by atoms with Crippen molar-refractivity contribution in [2.45, 2.75) is 11.8 Å². The van der Waals surface area contributed by atoms with Gasteiger partial charge in [-0.05, 0) is 0 Å². The average molecular weight is 102 g/mol. The van der Waals surface area contributed by atoms with Crippen LogP contribution in [-0.2, 0) is 14.3 Å². The fourth-order valence-corrected chi connectivity index (χ4v) is 0.490. The van der Waals surface area contributed by atoms with Gasteiger partial charge in [-0.1, -0.05) is 0 Å². The Bertz CT molecular complexity index is 134. The molecule has 0 atom stereocenters. The molecule has 0 unspecified atom stereocenters. The second kappa shape index (κ2) is 0.543. The molecule has 4 heteroatoms. The molecule has 0 aromatic heterocycles. The van der Waals surface area contributed by atoms with Crippen LogP contribution in [0.15, 0.2) is 0 Å². The van der Waals surface area contributed by atoms with Gasteiger partial charge >= 0.3 is 11.8 Å². The number of fused-ring (bicyclic) bond motifs is 1. The van der Waals surface area contributed by atoms with Gasteiger partial charge in [-0.15, -0.1) is 0 Å². The van der Waals surface area contributed by atoms with Gasteiger partial charge in [0.2, 0.25) is 0 Å². The van der Waals surface area contributed by atoms with Crippen LogP contribution in [0.5, 0.6) is 0 Å². The summed E-state index contributed by atoms with van der Waals surface area (Å²) in [7, 11) is 0. The van der Waals surface area contributed by atoms with Gasteiger partial charge in [0, 0.05) is 0 Å². The van der Waals surface area contributed by atoms with Crippen LogP contribution in [0.25, 0.3) is 0 Å². The maximum absolute atomic E-state index is 9.73. The summed E-state index contributed by atoms with van der Waals surface area (Å²) >= 11 is 0. The normalized spacial score (nSPS) is 63.6. The predicted molar refractivity (Wildman–Crippen MR) is 15.9 cm³/mol. The van der Waals surface area contributed by atoms with Crippen LogP contribution in [0, 0.1) is 0 Å². The molecule has 0 aliphatic carbocycles. The maximum Gasteiger partial charge on any atom is 0.352 e. The molecule has 0 bridgehead atoms. The molecule has 4 nitrogen and oxygen atoms in total.